The molecule has 3 heterocycles. The van der Waals surface area contributed by atoms with Crippen molar-refractivity contribution in [3.8, 4) is 22.5 Å². The van der Waals surface area contributed by atoms with E-state index in [1.54, 1.807) is 12.1 Å². The van der Waals surface area contributed by atoms with Gasteiger partial charge < -0.3 is 19.2 Å². The molecule has 1 aliphatic carbocycles. The molecule has 0 bridgehead atoms. The van der Waals surface area contributed by atoms with Crippen molar-refractivity contribution in [3.63, 3.8) is 0 Å². The van der Waals surface area contributed by atoms with Gasteiger partial charge in [-0.15, -0.1) is 0 Å². The smallest absolute Gasteiger partial charge is 0.203 e. The van der Waals surface area contributed by atoms with E-state index >= 15 is 0 Å². The second kappa shape index (κ2) is 8.07. The highest BCUT2D eigenvalue weighted by molar-refractivity contribution is 6.07. The van der Waals surface area contributed by atoms with Crippen molar-refractivity contribution < 1.29 is 14.3 Å². The molecule has 0 saturated carbocycles. The molecule has 2 aromatic rings. The predicted octanol–water partition coefficient (Wildman–Crippen LogP) is 3.73. The fraction of sp³-hybridized carbons (Fsp3) is 0.286. The third-order valence-electron chi connectivity index (χ3n) is 7.05. The van der Waals surface area contributed by atoms with Crippen LogP contribution in [0.1, 0.15) is 36.0 Å². The average Bonchev–Trinajstić information content (AvgIpc) is 3.57. The number of fused-ring (bicyclic) bond motifs is 2. The summed E-state index contributed by atoms with van der Waals surface area (Å²) in [6, 6.07) is 19.7. The van der Waals surface area contributed by atoms with Crippen molar-refractivity contribution in [1.82, 2.24) is 4.58 Å². The van der Waals surface area contributed by atoms with Crippen molar-refractivity contribution in [2.45, 2.75) is 25.7 Å². The molecule has 0 atom stereocenters. The molecule has 0 radical (unpaired) electrons. The van der Waals surface area contributed by atoms with Gasteiger partial charge in [-0.1, -0.05) is 24.3 Å². The minimum Gasteiger partial charge on any atom is -0.545 e. The molecule has 2 saturated heterocycles. The lowest BCUT2D eigenvalue weighted by Crippen LogP contribution is -2.26. The summed E-state index contributed by atoms with van der Waals surface area (Å²) in [5, 5.41) is 14.0. The standard InChI is InChI=1S/C28H26N2O3/c31-28(32)22-8-2-1-7-21(22)27-23-11-9-19(29-13-3-4-14-29)17-25(23)33-26-18-20(10-12-24(26)27)30-15-5-6-16-30/h1-2,7-12,17-18H,3-6,13-16H2. The van der Waals surface area contributed by atoms with Crippen LogP contribution in [0.4, 0.5) is 5.69 Å². The first-order valence-corrected chi connectivity index (χ1v) is 11.8. The zero-order valence-electron chi connectivity index (χ0n) is 18.5. The van der Waals surface area contributed by atoms with Crippen LogP contribution >= 0.6 is 0 Å². The van der Waals surface area contributed by atoms with Gasteiger partial charge in [0.1, 0.15) is 24.4 Å². The van der Waals surface area contributed by atoms with E-state index in [1.807, 2.05) is 12.1 Å². The summed E-state index contributed by atoms with van der Waals surface area (Å²) in [7, 11) is 0. The molecule has 4 aliphatic rings. The maximum Gasteiger partial charge on any atom is 0.203 e. The van der Waals surface area contributed by atoms with Gasteiger partial charge in [-0.05, 0) is 36.6 Å². The van der Waals surface area contributed by atoms with Gasteiger partial charge in [-0.25, -0.2) is 4.58 Å². The lowest BCUT2D eigenvalue weighted by atomic mass is 9.90. The number of benzene rings is 3. The van der Waals surface area contributed by atoms with E-state index in [0.717, 1.165) is 65.1 Å². The summed E-state index contributed by atoms with van der Waals surface area (Å²) in [5.41, 5.74) is 4.57. The van der Waals surface area contributed by atoms with Crippen LogP contribution in [-0.4, -0.2) is 32.1 Å². The Morgan fingerprint density at radius 3 is 2.45 bits per heavy atom. The molecule has 33 heavy (non-hydrogen) atoms. The van der Waals surface area contributed by atoms with Crippen LogP contribution < -0.4 is 19.9 Å². The highest BCUT2D eigenvalue weighted by Gasteiger charge is 2.22. The number of carboxylic acids is 1. The van der Waals surface area contributed by atoms with E-state index in [1.165, 1.54) is 25.7 Å². The van der Waals surface area contributed by atoms with E-state index in [4.69, 9.17) is 4.42 Å². The monoisotopic (exact) mass is 438 g/mol. The SMILES string of the molecule is O=C([O-])c1ccccc1-c1c2ccc(=[N+]3CCCC3)cc-2oc2cc(N3CCCC3)ccc12. The van der Waals surface area contributed by atoms with Gasteiger partial charge in [0.25, 0.3) is 0 Å². The van der Waals surface area contributed by atoms with Crippen LogP contribution in [0.3, 0.4) is 0 Å². The summed E-state index contributed by atoms with van der Waals surface area (Å²) in [5.74, 6) is -0.399. The number of nitrogens with zero attached hydrogens (tertiary/aromatic N) is 2. The summed E-state index contributed by atoms with van der Waals surface area (Å²) < 4.78 is 8.88. The molecule has 0 spiro atoms. The Morgan fingerprint density at radius 2 is 1.67 bits per heavy atom. The van der Waals surface area contributed by atoms with E-state index in [0.29, 0.717) is 5.56 Å². The minimum absolute atomic E-state index is 0.193. The number of hydrogen-bond acceptors (Lipinski definition) is 4. The Balaban J connectivity index is 1.67. The molecule has 2 fully saturated rings. The number of carboxylic acid groups (broad SMARTS) is 1. The molecule has 0 aromatic heterocycles. The number of anilines is 1. The minimum atomic E-state index is -1.17. The van der Waals surface area contributed by atoms with Gasteiger partial charge in [-0.2, -0.15) is 0 Å². The summed E-state index contributed by atoms with van der Waals surface area (Å²) in [4.78, 5) is 14.4. The molecule has 0 amide bonds. The van der Waals surface area contributed by atoms with Crippen molar-refractivity contribution in [3.05, 3.63) is 71.6 Å². The molecule has 3 aliphatic heterocycles. The first kappa shape index (κ1) is 20.0. The van der Waals surface area contributed by atoms with Crippen molar-refractivity contribution in [2.24, 2.45) is 0 Å². The zero-order valence-corrected chi connectivity index (χ0v) is 18.5. The summed E-state index contributed by atoms with van der Waals surface area (Å²) in [6.45, 7) is 4.22. The average molecular weight is 439 g/mol. The normalized spacial score (nSPS) is 16.2. The lowest BCUT2D eigenvalue weighted by molar-refractivity contribution is -0.254. The number of carbonyl (C=O) groups is 1. The number of aromatic carboxylic acids is 1. The fourth-order valence-electron chi connectivity index (χ4n) is 5.38. The Hall–Kier alpha value is -3.60. The van der Waals surface area contributed by atoms with E-state index in [9.17, 15) is 9.90 Å². The number of rotatable bonds is 3. The molecule has 166 valence electrons. The third-order valence-corrected chi connectivity index (χ3v) is 7.05. The maximum atomic E-state index is 12.0. The van der Waals surface area contributed by atoms with Crippen LogP contribution in [0.15, 0.2) is 65.1 Å². The number of carbonyl (C=O) groups excluding carboxylic acids is 1. The topological polar surface area (TPSA) is 59.5 Å². The van der Waals surface area contributed by atoms with Crippen LogP contribution in [0, 0.1) is 0 Å². The highest BCUT2D eigenvalue weighted by Crippen LogP contribution is 2.42. The van der Waals surface area contributed by atoms with Crippen LogP contribution in [-0.2, 0) is 0 Å². The first-order valence-electron chi connectivity index (χ1n) is 11.8. The Kier molecular flexibility index (Phi) is 4.90. The van der Waals surface area contributed by atoms with E-state index in [-0.39, 0.29) is 5.56 Å². The molecule has 2 aromatic carbocycles. The van der Waals surface area contributed by atoms with E-state index < -0.39 is 5.97 Å². The first-order chi connectivity index (χ1) is 16.2. The molecule has 5 heteroatoms. The van der Waals surface area contributed by atoms with Gasteiger partial charge in [0, 0.05) is 65.8 Å². The van der Waals surface area contributed by atoms with Gasteiger partial charge in [0.2, 0.25) is 5.36 Å². The molecule has 5 nitrogen and oxygen atoms in total. The van der Waals surface area contributed by atoms with Crippen LogP contribution in [0.5, 0.6) is 0 Å². The van der Waals surface area contributed by atoms with E-state index in [2.05, 4.69) is 45.9 Å². The molecular formula is C28H26N2O3. The van der Waals surface area contributed by atoms with Crippen molar-refractivity contribution >= 4 is 22.6 Å². The van der Waals surface area contributed by atoms with Crippen LogP contribution in [0.2, 0.25) is 0 Å². The number of hydrogen-bond donors (Lipinski definition) is 0. The molecular weight excluding hydrogens is 412 g/mol. The largest absolute Gasteiger partial charge is 0.545 e. The second-order valence-corrected chi connectivity index (χ2v) is 9.06. The van der Waals surface area contributed by atoms with Crippen molar-refractivity contribution in [1.29, 1.82) is 0 Å². The Bertz CT molecular complexity index is 1400. The molecule has 0 N–H and O–H groups in total. The van der Waals surface area contributed by atoms with Crippen LogP contribution in [0.25, 0.3) is 33.4 Å². The zero-order chi connectivity index (χ0) is 22.4. The Morgan fingerprint density at radius 1 is 0.879 bits per heavy atom. The Labute approximate surface area is 192 Å². The van der Waals surface area contributed by atoms with Crippen molar-refractivity contribution in [2.75, 3.05) is 31.1 Å². The highest BCUT2D eigenvalue weighted by atomic mass is 16.4. The van der Waals surface area contributed by atoms with Gasteiger partial charge in [-0.3, -0.25) is 0 Å². The van der Waals surface area contributed by atoms with Gasteiger partial charge in [0.15, 0.2) is 0 Å². The maximum absolute atomic E-state index is 12.0. The summed E-state index contributed by atoms with van der Waals surface area (Å²) in [6.07, 6.45) is 4.82. The second-order valence-electron chi connectivity index (χ2n) is 9.06. The molecule has 6 rings (SSSR count). The third kappa shape index (κ3) is 3.48. The van der Waals surface area contributed by atoms with Gasteiger partial charge >= 0.3 is 0 Å². The quantitative estimate of drug-likeness (QED) is 0.361. The predicted molar refractivity (Wildman–Crippen MR) is 128 cm³/mol. The summed E-state index contributed by atoms with van der Waals surface area (Å²) >= 11 is 0. The molecule has 0 unspecified atom stereocenters. The lowest BCUT2D eigenvalue weighted by Gasteiger charge is -2.21. The fourth-order valence-corrected chi connectivity index (χ4v) is 5.38. The van der Waals surface area contributed by atoms with Gasteiger partial charge in [0.05, 0.1) is 12.0 Å².